The van der Waals surface area contributed by atoms with Crippen LogP contribution in [0.15, 0.2) is 78.9 Å². The highest BCUT2D eigenvalue weighted by atomic mass is 16.5. The standard InChI is InChI=1S/C27H30N2O2/c1-21-17-22(2)19-25(18-21)31-20-26(30)28-13-15-29(16-14-28)27(23-9-5-3-6-10-23)24-11-7-4-8-12-24/h3-12,17-19,27H,13-16,20H2,1-2H3. The van der Waals surface area contributed by atoms with Crippen molar-refractivity contribution >= 4 is 5.91 Å². The summed E-state index contributed by atoms with van der Waals surface area (Å²) in [7, 11) is 0. The van der Waals surface area contributed by atoms with E-state index >= 15 is 0 Å². The van der Waals surface area contributed by atoms with E-state index in [2.05, 4.69) is 71.6 Å². The number of amides is 1. The quantitative estimate of drug-likeness (QED) is 0.590. The molecule has 3 aromatic carbocycles. The number of hydrogen-bond donors (Lipinski definition) is 0. The zero-order valence-corrected chi connectivity index (χ0v) is 18.3. The predicted octanol–water partition coefficient (Wildman–Crippen LogP) is 4.62. The highest BCUT2D eigenvalue weighted by Crippen LogP contribution is 2.29. The normalized spacial score (nSPS) is 14.6. The second kappa shape index (κ2) is 9.80. The summed E-state index contributed by atoms with van der Waals surface area (Å²) in [6, 6.07) is 27.5. The average Bonchev–Trinajstić information content (AvgIpc) is 2.79. The molecule has 1 aliphatic heterocycles. The number of piperazine rings is 1. The van der Waals surface area contributed by atoms with Gasteiger partial charge in [-0.3, -0.25) is 9.69 Å². The van der Waals surface area contributed by atoms with Crippen molar-refractivity contribution in [3.63, 3.8) is 0 Å². The number of carbonyl (C=O) groups is 1. The van der Waals surface area contributed by atoms with Crippen LogP contribution in [0, 0.1) is 13.8 Å². The molecule has 3 aromatic rings. The molecule has 0 aliphatic carbocycles. The van der Waals surface area contributed by atoms with Gasteiger partial charge >= 0.3 is 0 Å². The fourth-order valence-corrected chi connectivity index (χ4v) is 4.37. The van der Waals surface area contributed by atoms with Gasteiger partial charge in [0.05, 0.1) is 6.04 Å². The largest absolute Gasteiger partial charge is 0.484 e. The number of ether oxygens (including phenoxy) is 1. The average molecular weight is 415 g/mol. The summed E-state index contributed by atoms with van der Waals surface area (Å²) in [6.45, 7) is 7.27. The first-order valence-electron chi connectivity index (χ1n) is 10.9. The fraction of sp³-hybridized carbons (Fsp3) is 0.296. The van der Waals surface area contributed by atoms with Crippen LogP contribution in [0.5, 0.6) is 5.75 Å². The maximum Gasteiger partial charge on any atom is 0.260 e. The molecular weight excluding hydrogens is 384 g/mol. The van der Waals surface area contributed by atoms with Crippen LogP contribution in [0.25, 0.3) is 0 Å². The molecular formula is C27H30N2O2. The molecule has 0 aromatic heterocycles. The summed E-state index contributed by atoms with van der Waals surface area (Å²) in [5.74, 6) is 0.812. The molecule has 4 rings (SSSR count). The van der Waals surface area contributed by atoms with Crippen LogP contribution in [0.4, 0.5) is 0 Å². The first-order chi connectivity index (χ1) is 15.1. The Morgan fingerprint density at radius 1 is 0.806 bits per heavy atom. The lowest BCUT2D eigenvalue weighted by Gasteiger charge is -2.39. The molecule has 0 radical (unpaired) electrons. The summed E-state index contributed by atoms with van der Waals surface area (Å²) in [6.07, 6.45) is 0. The number of benzene rings is 3. The zero-order chi connectivity index (χ0) is 21.6. The van der Waals surface area contributed by atoms with E-state index < -0.39 is 0 Å². The third-order valence-electron chi connectivity index (χ3n) is 5.82. The van der Waals surface area contributed by atoms with E-state index in [-0.39, 0.29) is 18.6 Å². The minimum atomic E-state index is 0.0507. The Bertz CT molecular complexity index is 937. The van der Waals surface area contributed by atoms with E-state index in [1.165, 1.54) is 11.1 Å². The molecule has 0 atom stereocenters. The van der Waals surface area contributed by atoms with Crippen molar-refractivity contribution in [1.82, 2.24) is 9.80 Å². The van der Waals surface area contributed by atoms with E-state index in [4.69, 9.17) is 4.74 Å². The van der Waals surface area contributed by atoms with Gasteiger partial charge in [-0.05, 0) is 48.2 Å². The summed E-state index contributed by atoms with van der Waals surface area (Å²) in [5, 5.41) is 0. The maximum atomic E-state index is 12.7. The summed E-state index contributed by atoms with van der Waals surface area (Å²) in [4.78, 5) is 17.1. The van der Waals surface area contributed by atoms with Crippen molar-refractivity contribution in [3.8, 4) is 5.75 Å². The van der Waals surface area contributed by atoms with E-state index in [0.29, 0.717) is 13.1 Å². The van der Waals surface area contributed by atoms with E-state index in [1.807, 2.05) is 30.9 Å². The number of hydrogen-bond acceptors (Lipinski definition) is 3. The second-order valence-corrected chi connectivity index (χ2v) is 8.25. The van der Waals surface area contributed by atoms with Crippen molar-refractivity contribution < 1.29 is 9.53 Å². The van der Waals surface area contributed by atoms with Crippen LogP contribution in [-0.2, 0) is 4.79 Å². The van der Waals surface area contributed by atoms with Gasteiger partial charge in [-0.2, -0.15) is 0 Å². The van der Waals surface area contributed by atoms with Crippen LogP contribution in [0.3, 0.4) is 0 Å². The van der Waals surface area contributed by atoms with Crippen LogP contribution in [0.2, 0.25) is 0 Å². The van der Waals surface area contributed by atoms with Gasteiger partial charge in [-0.15, -0.1) is 0 Å². The van der Waals surface area contributed by atoms with Crippen LogP contribution in [-0.4, -0.2) is 48.5 Å². The molecule has 4 heteroatoms. The molecule has 1 amide bonds. The Hall–Kier alpha value is -3.11. The monoisotopic (exact) mass is 414 g/mol. The lowest BCUT2D eigenvalue weighted by Crippen LogP contribution is -2.51. The van der Waals surface area contributed by atoms with Crippen molar-refractivity contribution in [1.29, 1.82) is 0 Å². The molecule has 1 fully saturated rings. The van der Waals surface area contributed by atoms with Gasteiger partial charge in [-0.1, -0.05) is 66.7 Å². The lowest BCUT2D eigenvalue weighted by atomic mass is 9.96. The van der Waals surface area contributed by atoms with Crippen LogP contribution >= 0.6 is 0 Å². The summed E-state index contributed by atoms with van der Waals surface area (Å²) < 4.78 is 5.79. The Balaban J connectivity index is 1.39. The van der Waals surface area contributed by atoms with E-state index in [9.17, 15) is 4.79 Å². The van der Waals surface area contributed by atoms with Crippen molar-refractivity contribution in [2.75, 3.05) is 32.8 Å². The first kappa shape index (κ1) is 21.1. The van der Waals surface area contributed by atoms with Gasteiger partial charge in [0, 0.05) is 26.2 Å². The molecule has 1 heterocycles. The number of carbonyl (C=O) groups excluding carboxylic acids is 1. The molecule has 0 bridgehead atoms. The molecule has 160 valence electrons. The minimum Gasteiger partial charge on any atom is -0.484 e. The fourth-order valence-electron chi connectivity index (χ4n) is 4.37. The van der Waals surface area contributed by atoms with Gasteiger partial charge < -0.3 is 9.64 Å². The Morgan fingerprint density at radius 2 is 1.32 bits per heavy atom. The topological polar surface area (TPSA) is 32.8 Å². The van der Waals surface area contributed by atoms with Crippen LogP contribution < -0.4 is 4.74 Å². The van der Waals surface area contributed by atoms with E-state index in [0.717, 1.165) is 30.0 Å². The number of rotatable bonds is 6. The third kappa shape index (κ3) is 5.33. The van der Waals surface area contributed by atoms with E-state index in [1.54, 1.807) is 0 Å². The molecule has 0 N–H and O–H groups in total. The smallest absolute Gasteiger partial charge is 0.260 e. The summed E-state index contributed by atoms with van der Waals surface area (Å²) in [5.41, 5.74) is 4.85. The van der Waals surface area contributed by atoms with Gasteiger partial charge in [0.25, 0.3) is 5.91 Å². The molecule has 0 spiro atoms. The molecule has 0 unspecified atom stereocenters. The Morgan fingerprint density at radius 3 is 1.84 bits per heavy atom. The highest BCUT2D eigenvalue weighted by Gasteiger charge is 2.28. The molecule has 4 nitrogen and oxygen atoms in total. The van der Waals surface area contributed by atoms with Crippen molar-refractivity contribution in [2.45, 2.75) is 19.9 Å². The highest BCUT2D eigenvalue weighted by molar-refractivity contribution is 5.78. The number of aryl methyl sites for hydroxylation is 2. The maximum absolute atomic E-state index is 12.7. The van der Waals surface area contributed by atoms with Gasteiger partial charge in [0.2, 0.25) is 0 Å². The van der Waals surface area contributed by atoms with Gasteiger partial charge in [-0.25, -0.2) is 0 Å². The molecule has 1 saturated heterocycles. The van der Waals surface area contributed by atoms with Crippen LogP contribution in [0.1, 0.15) is 28.3 Å². The van der Waals surface area contributed by atoms with Crippen molar-refractivity contribution in [3.05, 3.63) is 101 Å². The third-order valence-corrected chi connectivity index (χ3v) is 5.82. The number of nitrogens with zero attached hydrogens (tertiary/aromatic N) is 2. The Labute approximate surface area is 185 Å². The van der Waals surface area contributed by atoms with Gasteiger partial charge in [0.1, 0.15) is 5.75 Å². The molecule has 31 heavy (non-hydrogen) atoms. The predicted molar refractivity (Wildman–Crippen MR) is 124 cm³/mol. The zero-order valence-electron chi connectivity index (χ0n) is 18.3. The first-order valence-corrected chi connectivity index (χ1v) is 10.9. The minimum absolute atomic E-state index is 0.0507. The lowest BCUT2D eigenvalue weighted by molar-refractivity contribution is -0.135. The van der Waals surface area contributed by atoms with Gasteiger partial charge in [0.15, 0.2) is 6.61 Å². The second-order valence-electron chi connectivity index (χ2n) is 8.25. The van der Waals surface area contributed by atoms with Crippen molar-refractivity contribution in [2.24, 2.45) is 0 Å². The Kier molecular flexibility index (Phi) is 6.68. The molecule has 0 saturated carbocycles. The SMILES string of the molecule is Cc1cc(C)cc(OCC(=O)N2CCN(C(c3ccccc3)c3ccccc3)CC2)c1. The molecule has 1 aliphatic rings. The summed E-state index contributed by atoms with van der Waals surface area (Å²) >= 11 is 0.